The Hall–Kier alpha value is -2.67. The number of nitrogens with one attached hydrogen (secondary N) is 1. The summed E-state index contributed by atoms with van der Waals surface area (Å²) >= 11 is 0. The highest BCUT2D eigenvalue weighted by Gasteiger charge is 2.37. The van der Waals surface area contributed by atoms with Gasteiger partial charge in [0.15, 0.2) is 17.3 Å². The van der Waals surface area contributed by atoms with Crippen LogP contribution >= 0.6 is 0 Å². The SMILES string of the molecule is O=C1CS(=O)C(C(=O)Nc2ccc3c(c2)OCO3)c2cc(C3CCCCC3)ccc21. The molecular formula is C23H23NO5S. The Balaban J connectivity index is 1.45. The molecule has 3 aliphatic rings. The highest BCUT2D eigenvalue weighted by molar-refractivity contribution is 7.87. The van der Waals surface area contributed by atoms with E-state index in [4.69, 9.17) is 9.47 Å². The summed E-state index contributed by atoms with van der Waals surface area (Å²) in [6.45, 7) is 0.152. The lowest BCUT2D eigenvalue weighted by Crippen LogP contribution is -2.33. The van der Waals surface area contributed by atoms with Crippen molar-refractivity contribution in [3.63, 3.8) is 0 Å². The Bertz CT molecular complexity index is 1040. The number of Topliss-reactive ketones (excluding diaryl/α,β-unsaturated/α-hetero) is 1. The Kier molecular flexibility index (Phi) is 5.06. The minimum atomic E-state index is -1.60. The van der Waals surface area contributed by atoms with Gasteiger partial charge in [-0.25, -0.2) is 0 Å². The molecule has 30 heavy (non-hydrogen) atoms. The van der Waals surface area contributed by atoms with E-state index >= 15 is 0 Å². The second-order valence-corrected chi connectivity index (χ2v) is 9.59. The van der Waals surface area contributed by atoms with Gasteiger partial charge in [0.2, 0.25) is 12.7 Å². The van der Waals surface area contributed by atoms with Crippen molar-refractivity contribution in [1.82, 2.24) is 0 Å². The first-order chi connectivity index (χ1) is 14.6. The molecule has 1 amide bonds. The van der Waals surface area contributed by atoms with Crippen LogP contribution in [0.3, 0.4) is 0 Å². The number of fused-ring (bicyclic) bond motifs is 2. The summed E-state index contributed by atoms with van der Waals surface area (Å²) in [4.78, 5) is 25.6. The Morgan fingerprint density at radius 2 is 1.80 bits per heavy atom. The van der Waals surface area contributed by atoms with Gasteiger partial charge in [-0.15, -0.1) is 0 Å². The Labute approximate surface area is 177 Å². The van der Waals surface area contributed by atoms with E-state index in [0.29, 0.717) is 34.2 Å². The van der Waals surface area contributed by atoms with Crippen LogP contribution < -0.4 is 14.8 Å². The zero-order valence-corrected chi connectivity index (χ0v) is 17.3. The number of hydrogen-bond donors (Lipinski definition) is 1. The maximum atomic E-state index is 13.1. The molecule has 2 aliphatic heterocycles. The number of benzene rings is 2. The normalized spacial score (nSPS) is 23.1. The molecule has 2 aromatic carbocycles. The quantitative estimate of drug-likeness (QED) is 0.801. The molecule has 0 radical (unpaired) electrons. The van der Waals surface area contributed by atoms with E-state index in [-0.39, 0.29) is 24.2 Å². The number of rotatable bonds is 3. The molecule has 2 atom stereocenters. The lowest BCUT2D eigenvalue weighted by atomic mass is 9.82. The van der Waals surface area contributed by atoms with Crippen LogP contribution in [0.25, 0.3) is 0 Å². The molecule has 0 aromatic heterocycles. The van der Waals surface area contributed by atoms with E-state index in [0.717, 1.165) is 18.4 Å². The summed E-state index contributed by atoms with van der Waals surface area (Å²) in [5, 5.41) is 1.98. The zero-order valence-electron chi connectivity index (χ0n) is 16.5. The van der Waals surface area contributed by atoms with Crippen LogP contribution in [-0.2, 0) is 15.6 Å². The third kappa shape index (κ3) is 3.51. The molecule has 1 fully saturated rings. The third-order valence-corrected chi connectivity index (χ3v) is 7.69. The molecule has 2 unspecified atom stereocenters. The first-order valence-electron chi connectivity index (χ1n) is 10.3. The fraction of sp³-hybridized carbons (Fsp3) is 0.391. The molecule has 7 heteroatoms. The molecule has 1 aliphatic carbocycles. The zero-order chi connectivity index (χ0) is 20.7. The molecule has 0 spiro atoms. The van der Waals surface area contributed by atoms with Gasteiger partial charge in [-0.05, 0) is 42.0 Å². The second kappa shape index (κ2) is 7.87. The van der Waals surface area contributed by atoms with Gasteiger partial charge in [-0.3, -0.25) is 13.8 Å². The van der Waals surface area contributed by atoms with Crippen molar-refractivity contribution in [3.8, 4) is 11.5 Å². The lowest BCUT2D eigenvalue weighted by molar-refractivity contribution is -0.115. The average Bonchev–Trinajstić information content (AvgIpc) is 3.22. The summed E-state index contributed by atoms with van der Waals surface area (Å²) in [6, 6.07) is 10.9. The van der Waals surface area contributed by atoms with Crippen LogP contribution in [0, 0.1) is 0 Å². The van der Waals surface area contributed by atoms with Gasteiger partial charge in [0.25, 0.3) is 0 Å². The van der Waals surface area contributed by atoms with Gasteiger partial charge < -0.3 is 14.8 Å². The summed E-state index contributed by atoms with van der Waals surface area (Å²) in [7, 11) is -1.60. The topological polar surface area (TPSA) is 81.7 Å². The van der Waals surface area contributed by atoms with Gasteiger partial charge in [0.05, 0.1) is 5.75 Å². The molecule has 5 rings (SSSR count). The summed E-state index contributed by atoms with van der Waals surface area (Å²) in [5.74, 6) is 0.962. The van der Waals surface area contributed by atoms with Gasteiger partial charge in [-0.2, -0.15) is 0 Å². The van der Waals surface area contributed by atoms with Crippen molar-refractivity contribution in [1.29, 1.82) is 0 Å². The molecular weight excluding hydrogens is 402 g/mol. The molecule has 2 aromatic rings. The molecule has 1 saturated carbocycles. The highest BCUT2D eigenvalue weighted by atomic mass is 32.2. The fourth-order valence-electron chi connectivity index (χ4n) is 4.62. The van der Waals surface area contributed by atoms with E-state index in [9.17, 15) is 13.8 Å². The number of anilines is 1. The fourth-order valence-corrected chi connectivity index (χ4v) is 5.97. The van der Waals surface area contributed by atoms with E-state index in [2.05, 4.69) is 5.32 Å². The first kappa shape index (κ1) is 19.3. The number of carbonyl (C=O) groups excluding carboxylic acids is 2. The highest BCUT2D eigenvalue weighted by Crippen LogP contribution is 2.38. The molecule has 0 saturated heterocycles. The Morgan fingerprint density at radius 3 is 2.63 bits per heavy atom. The molecule has 2 heterocycles. The van der Waals surface area contributed by atoms with Crippen molar-refractivity contribution >= 4 is 28.2 Å². The number of ketones is 1. The molecule has 0 bridgehead atoms. The number of ether oxygens (including phenoxy) is 2. The van der Waals surface area contributed by atoms with Crippen molar-refractivity contribution in [2.75, 3.05) is 17.9 Å². The predicted octanol–water partition coefficient (Wildman–Crippen LogP) is 4.09. The van der Waals surface area contributed by atoms with Crippen LogP contribution in [0.15, 0.2) is 36.4 Å². The smallest absolute Gasteiger partial charge is 0.244 e. The van der Waals surface area contributed by atoms with Gasteiger partial charge in [-0.1, -0.05) is 37.5 Å². The van der Waals surface area contributed by atoms with Gasteiger partial charge in [0.1, 0.15) is 5.25 Å². The minimum Gasteiger partial charge on any atom is -0.454 e. The van der Waals surface area contributed by atoms with Crippen molar-refractivity contribution in [2.45, 2.75) is 43.3 Å². The van der Waals surface area contributed by atoms with Gasteiger partial charge >= 0.3 is 0 Å². The average molecular weight is 426 g/mol. The largest absolute Gasteiger partial charge is 0.454 e. The second-order valence-electron chi connectivity index (χ2n) is 8.07. The maximum Gasteiger partial charge on any atom is 0.244 e. The maximum absolute atomic E-state index is 13.1. The molecule has 6 nitrogen and oxygen atoms in total. The summed E-state index contributed by atoms with van der Waals surface area (Å²) in [6.07, 6.45) is 5.87. The molecule has 156 valence electrons. The first-order valence-corrected chi connectivity index (χ1v) is 11.7. The van der Waals surface area contributed by atoms with E-state index in [1.807, 2.05) is 18.2 Å². The van der Waals surface area contributed by atoms with E-state index < -0.39 is 16.0 Å². The van der Waals surface area contributed by atoms with E-state index in [1.54, 1.807) is 18.2 Å². The van der Waals surface area contributed by atoms with Crippen molar-refractivity contribution in [2.24, 2.45) is 0 Å². The van der Waals surface area contributed by atoms with E-state index in [1.165, 1.54) is 19.3 Å². The minimum absolute atomic E-state index is 0.130. The van der Waals surface area contributed by atoms with Crippen molar-refractivity contribution < 1.29 is 23.3 Å². The molecule has 1 N–H and O–H groups in total. The standard InChI is InChI=1S/C23H23NO5S/c25-19-12-30(27)22(23(26)24-16-7-9-20-21(11-16)29-13-28-20)18-10-15(6-8-17(18)19)14-4-2-1-3-5-14/h6-11,14,22H,1-5,12-13H2,(H,24,26). The Morgan fingerprint density at radius 1 is 1.00 bits per heavy atom. The van der Waals surface area contributed by atoms with Crippen molar-refractivity contribution in [3.05, 3.63) is 53.1 Å². The van der Waals surface area contributed by atoms with Crippen LogP contribution in [0.2, 0.25) is 0 Å². The number of carbonyl (C=O) groups is 2. The van der Waals surface area contributed by atoms with Crippen LogP contribution in [0.5, 0.6) is 11.5 Å². The number of hydrogen-bond acceptors (Lipinski definition) is 5. The van der Waals surface area contributed by atoms with Crippen LogP contribution in [-0.4, -0.2) is 28.4 Å². The van der Waals surface area contributed by atoms with Gasteiger partial charge in [0, 0.05) is 28.1 Å². The summed E-state index contributed by atoms with van der Waals surface area (Å²) in [5.41, 5.74) is 2.79. The van der Waals surface area contributed by atoms with Crippen LogP contribution in [0.4, 0.5) is 5.69 Å². The predicted molar refractivity (Wildman–Crippen MR) is 114 cm³/mol. The summed E-state index contributed by atoms with van der Waals surface area (Å²) < 4.78 is 23.5. The number of amides is 1. The third-order valence-electron chi connectivity index (χ3n) is 6.15. The monoisotopic (exact) mass is 425 g/mol. The lowest BCUT2D eigenvalue weighted by Gasteiger charge is -2.27. The van der Waals surface area contributed by atoms with Crippen LogP contribution in [0.1, 0.15) is 64.8 Å².